The maximum atomic E-state index is 14.1. The Kier molecular flexibility index (Phi) is 7.40. The van der Waals surface area contributed by atoms with Crippen LogP contribution in [-0.4, -0.2) is 22.1 Å². The van der Waals surface area contributed by atoms with Crippen molar-refractivity contribution in [3.05, 3.63) is 99.4 Å². The number of rotatable bonds is 8. The Labute approximate surface area is 218 Å². The van der Waals surface area contributed by atoms with Crippen molar-refractivity contribution in [2.75, 3.05) is 10.6 Å². The molecule has 0 saturated carbocycles. The van der Waals surface area contributed by atoms with Gasteiger partial charge >= 0.3 is 0 Å². The van der Waals surface area contributed by atoms with Crippen LogP contribution < -0.4 is 21.7 Å². The lowest BCUT2D eigenvalue weighted by molar-refractivity contribution is -0.123. The zero-order valence-electron chi connectivity index (χ0n) is 20.6. The minimum absolute atomic E-state index is 0.00269. The zero-order valence-corrected chi connectivity index (χ0v) is 21.5. The van der Waals surface area contributed by atoms with Gasteiger partial charge in [0.15, 0.2) is 11.7 Å². The third kappa shape index (κ3) is 5.54. The molecule has 190 valence electrons. The number of primary amides is 1. The monoisotopic (exact) mass is 517 g/mol. The first kappa shape index (κ1) is 25.6. The van der Waals surface area contributed by atoms with Crippen LogP contribution in [0, 0.1) is 20.8 Å². The summed E-state index contributed by atoms with van der Waals surface area (Å²) < 4.78 is 9.84. The van der Waals surface area contributed by atoms with Gasteiger partial charge in [0, 0.05) is 12.2 Å². The molecule has 0 spiro atoms. The molecule has 2 aromatic heterocycles. The Hall–Kier alpha value is -4.44. The van der Waals surface area contributed by atoms with E-state index in [4.69, 9.17) is 15.9 Å². The molecule has 4 rings (SSSR count). The molecular weight excluding hydrogens is 490 g/mol. The molecule has 4 aromatic rings. The summed E-state index contributed by atoms with van der Waals surface area (Å²) in [7, 11) is 0. The van der Waals surface area contributed by atoms with Crippen LogP contribution in [0.5, 0.6) is 0 Å². The van der Waals surface area contributed by atoms with Crippen molar-refractivity contribution < 1.29 is 18.8 Å². The molecule has 0 aliphatic carbocycles. The van der Waals surface area contributed by atoms with Crippen molar-refractivity contribution in [2.24, 2.45) is 5.73 Å². The van der Waals surface area contributed by atoms with Crippen molar-refractivity contribution >= 4 is 40.6 Å². The van der Waals surface area contributed by atoms with Crippen LogP contribution >= 0.6 is 11.5 Å². The molecule has 0 aliphatic rings. The highest BCUT2D eigenvalue weighted by atomic mass is 32.1. The normalized spacial score (nSPS) is 11.6. The maximum absolute atomic E-state index is 14.1. The molecule has 0 saturated heterocycles. The van der Waals surface area contributed by atoms with Gasteiger partial charge in [-0.2, -0.15) is 4.37 Å². The second-order valence-corrected chi connectivity index (χ2v) is 9.49. The number of benzene rings is 2. The van der Waals surface area contributed by atoms with E-state index in [9.17, 15) is 14.4 Å². The molecular formula is C27H27N5O4S. The molecule has 10 heteroatoms. The van der Waals surface area contributed by atoms with Crippen molar-refractivity contribution in [3.8, 4) is 0 Å². The molecule has 9 nitrogen and oxygen atoms in total. The molecule has 2 heterocycles. The Bertz CT molecular complexity index is 1440. The minimum Gasteiger partial charge on any atom is -0.464 e. The predicted octanol–water partition coefficient (Wildman–Crippen LogP) is 4.05. The fourth-order valence-electron chi connectivity index (χ4n) is 4.07. The minimum atomic E-state index is -1.18. The number of hydrogen-bond acceptors (Lipinski definition) is 7. The van der Waals surface area contributed by atoms with Gasteiger partial charge in [0.1, 0.15) is 16.4 Å². The Morgan fingerprint density at radius 2 is 1.70 bits per heavy atom. The summed E-state index contributed by atoms with van der Waals surface area (Å²) in [6.07, 6.45) is 0. The van der Waals surface area contributed by atoms with Crippen LogP contribution in [-0.2, 0) is 11.3 Å². The lowest BCUT2D eigenvalue weighted by Crippen LogP contribution is -2.44. The van der Waals surface area contributed by atoms with Gasteiger partial charge in [-0.25, -0.2) is 0 Å². The number of nitrogen functional groups attached to an aromatic ring is 1. The van der Waals surface area contributed by atoms with Gasteiger partial charge in [-0.05, 0) is 73.3 Å². The van der Waals surface area contributed by atoms with E-state index in [0.29, 0.717) is 11.4 Å². The number of hydrogen-bond donors (Lipinski definition) is 3. The van der Waals surface area contributed by atoms with E-state index >= 15 is 0 Å². The zero-order chi connectivity index (χ0) is 26.7. The van der Waals surface area contributed by atoms with Crippen LogP contribution in [0.1, 0.15) is 54.4 Å². The van der Waals surface area contributed by atoms with Crippen molar-refractivity contribution in [3.63, 3.8) is 0 Å². The maximum Gasteiger partial charge on any atom is 0.273 e. The molecule has 2 aromatic carbocycles. The van der Waals surface area contributed by atoms with Crippen LogP contribution in [0.15, 0.2) is 65.1 Å². The summed E-state index contributed by atoms with van der Waals surface area (Å²) in [6.45, 7) is 5.80. The molecule has 1 unspecified atom stereocenters. The number of carbonyl (C=O) groups excluding carboxylic acids is 3. The van der Waals surface area contributed by atoms with E-state index in [1.54, 1.807) is 31.2 Å². The first-order chi connectivity index (χ1) is 17.7. The van der Waals surface area contributed by atoms with E-state index in [-0.39, 0.29) is 28.6 Å². The van der Waals surface area contributed by atoms with E-state index < -0.39 is 23.8 Å². The molecule has 5 N–H and O–H groups in total. The third-order valence-electron chi connectivity index (χ3n) is 5.71. The van der Waals surface area contributed by atoms with Gasteiger partial charge in [0.05, 0.1) is 5.69 Å². The Morgan fingerprint density at radius 1 is 1.03 bits per heavy atom. The first-order valence-electron chi connectivity index (χ1n) is 11.5. The molecule has 37 heavy (non-hydrogen) atoms. The summed E-state index contributed by atoms with van der Waals surface area (Å²) in [6, 6.07) is 17.2. The van der Waals surface area contributed by atoms with Crippen molar-refractivity contribution in [1.82, 2.24) is 9.69 Å². The Balaban J connectivity index is 1.84. The van der Waals surface area contributed by atoms with Crippen LogP contribution in [0.25, 0.3) is 0 Å². The van der Waals surface area contributed by atoms with Crippen LogP contribution in [0.3, 0.4) is 0 Å². The lowest BCUT2D eigenvalue weighted by Gasteiger charge is -2.30. The number of furan rings is 1. The number of nitrogens with zero attached hydrogens (tertiary/aromatic N) is 2. The number of nitrogens with two attached hydrogens (primary N) is 2. The van der Waals surface area contributed by atoms with Gasteiger partial charge in [0.2, 0.25) is 0 Å². The molecule has 0 fully saturated rings. The van der Waals surface area contributed by atoms with E-state index in [2.05, 4.69) is 9.69 Å². The second-order valence-electron chi connectivity index (χ2n) is 8.71. The number of aryl methyl sites for hydroxylation is 3. The number of amides is 3. The van der Waals surface area contributed by atoms with Gasteiger partial charge < -0.3 is 21.2 Å². The molecule has 1 atom stereocenters. The summed E-state index contributed by atoms with van der Waals surface area (Å²) >= 11 is 0.754. The number of carbonyl (C=O) groups is 3. The Morgan fingerprint density at radius 3 is 2.27 bits per heavy atom. The second kappa shape index (κ2) is 10.7. The first-order valence-corrected chi connectivity index (χ1v) is 12.3. The van der Waals surface area contributed by atoms with Gasteiger partial charge in [0.25, 0.3) is 17.7 Å². The summed E-state index contributed by atoms with van der Waals surface area (Å²) in [4.78, 5) is 40.9. The van der Waals surface area contributed by atoms with Crippen LogP contribution in [0.4, 0.5) is 11.4 Å². The largest absolute Gasteiger partial charge is 0.464 e. The fourth-order valence-corrected chi connectivity index (χ4v) is 4.81. The van der Waals surface area contributed by atoms with E-state index in [1.807, 2.05) is 50.2 Å². The number of anilines is 2. The lowest BCUT2D eigenvalue weighted by atomic mass is 10.1. The highest BCUT2D eigenvalue weighted by Crippen LogP contribution is 2.34. The van der Waals surface area contributed by atoms with Gasteiger partial charge in [-0.15, -0.1) is 0 Å². The van der Waals surface area contributed by atoms with Crippen molar-refractivity contribution in [2.45, 2.75) is 33.4 Å². The topological polar surface area (TPSA) is 145 Å². The summed E-state index contributed by atoms with van der Waals surface area (Å²) in [5.41, 5.74) is 14.3. The van der Waals surface area contributed by atoms with Crippen molar-refractivity contribution in [1.29, 1.82) is 0 Å². The molecule has 0 radical (unpaired) electrons. The fraction of sp³-hybridized carbons (Fsp3) is 0.185. The molecule has 3 amide bonds. The van der Waals surface area contributed by atoms with E-state index in [0.717, 1.165) is 28.2 Å². The van der Waals surface area contributed by atoms with Crippen LogP contribution in [0.2, 0.25) is 0 Å². The highest BCUT2D eigenvalue weighted by Gasteiger charge is 2.38. The summed E-state index contributed by atoms with van der Waals surface area (Å²) in [5, 5.41) is 2.92. The summed E-state index contributed by atoms with van der Waals surface area (Å²) in [5.74, 6) is -1.05. The standard InChI is InChI=1S/C27H27N5O4S/c1-15-11-16(2)13-19(12-15)32(27(35)24-21(28)22(25(29)33)31-37-24)23(20-10-9-17(3)36-20)26(34)30-14-18-7-5-4-6-8-18/h4-13,23H,14,28H2,1-3H3,(H2,29,33)(H,30,34). The highest BCUT2D eigenvalue weighted by molar-refractivity contribution is 7.09. The van der Waals surface area contributed by atoms with Gasteiger partial charge in [-0.3, -0.25) is 19.3 Å². The van der Waals surface area contributed by atoms with Gasteiger partial charge in [-0.1, -0.05) is 36.4 Å². The predicted molar refractivity (Wildman–Crippen MR) is 142 cm³/mol. The SMILES string of the molecule is Cc1cc(C)cc(N(C(=O)c2snc(C(N)=O)c2N)C(C(=O)NCc2ccccc2)c2ccc(C)o2)c1. The number of nitrogens with one attached hydrogen (secondary N) is 1. The average Bonchev–Trinajstić information content (AvgIpc) is 3.45. The molecule has 0 bridgehead atoms. The quantitative estimate of drug-likeness (QED) is 0.322. The smallest absolute Gasteiger partial charge is 0.273 e. The van der Waals surface area contributed by atoms with E-state index in [1.165, 1.54) is 4.90 Å². The number of aromatic nitrogens is 1. The third-order valence-corrected chi connectivity index (χ3v) is 6.56. The average molecular weight is 518 g/mol. The molecule has 0 aliphatic heterocycles.